The van der Waals surface area contributed by atoms with Crippen molar-refractivity contribution < 1.29 is 4.79 Å². The normalized spacial score (nSPS) is 22.9. The van der Waals surface area contributed by atoms with Crippen molar-refractivity contribution in [3.05, 3.63) is 27.7 Å². The molecule has 0 radical (unpaired) electrons. The lowest BCUT2D eigenvalue weighted by Crippen LogP contribution is -2.43. The van der Waals surface area contributed by atoms with Gasteiger partial charge >= 0.3 is 0 Å². The van der Waals surface area contributed by atoms with Crippen LogP contribution in [0, 0.1) is 5.92 Å². The number of nitrogens with zero attached hydrogens (tertiary/aromatic N) is 2. The van der Waals surface area contributed by atoms with E-state index in [4.69, 9.17) is 0 Å². The molecule has 1 aromatic rings. The molecule has 1 aliphatic heterocycles. The van der Waals surface area contributed by atoms with Crippen molar-refractivity contribution in [2.75, 3.05) is 24.6 Å². The molecule has 1 unspecified atom stereocenters. The number of carbonyl (C=O) groups is 1. The van der Waals surface area contributed by atoms with Crippen molar-refractivity contribution in [2.24, 2.45) is 5.92 Å². The summed E-state index contributed by atoms with van der Waals surface area (Å²) in [6, 6.07) is 1.59. The fourth-order valence-electron chi connectivity index (χ4n) is 2.79. The SMILES string of the molecule is O=C(C1CCc2n[nH]c(=O)cc2C1)N1CCSCC1. The average molecular weight is 279 g/mol. The number of aromatic nitrogens is 2. The largest absolute Gasteiger partial charge is 0.341 e. The third-order valence-corrected chi connectivity index (χ3v) is 4.79. The standard InChI is InChI=1S/C13H17N3O2S/c17-12-8-10-7-9(1-2-11(10)14-15-12)13(18)16-3-5-19-6-4-16/h8-9H,1-7H2,(H,15,17). The number of H-pyrrole nitrogens is 1. The molecule has 6 heteroatoms. The molecule has 2 aliphatic rings. The van der Waals surface area contributed by atoms with Crippen LogP contribution >= 0.6 is 11.8 Å². The Morgan fingerprint density at radius 3 is 3.00 bits per heavy atom. The topological polar surface area (TPSA) is 66.1 Å². The van der Waals surface area contributed by atoms with Crippen LogP contribution in [-0.4, -0.2) is 45.6 Å². The number of rotatable bonds is 1. The molecule has 5 nitrogen and oxygen atoms in total. The van der Waals surface area contributed by atoms with Crippen LogP contribution in [0.25, 0.3) is 0 Å². The van der Waals surface area contributed by atoms with Crippen molar-refractivity contribution in [1.82, 2.24) is 15.1 Å². The first-order chi connectivity index (χ1) is 9.24. The lowest BCUT2D eigenvalue weighted by atomic mass is 9.86. The van der Waals surface area contributed by atoms with Crippen LogP contribution in [0.2, 0.25) is 0 Å². The molecule has 1 aliphatic carbocycles. The molecule has 1 aromatic heterocycles. The zero-order valence-corrected chi connectivity index (χ0v) is 11.5. The second kappa shape index (κ2) is 5.36. The highest BCUT2D eigenvalue weighted by Crippen LogP contribution is 2.25. The molecule has 0 aromatic carbocycles. The summed E-state index contributed by atoms with van der Waals surface area (Å²) in [4.78, 5) is 25.7. The fourth-order valence-corrected chi connectivity index (χ4v) is 3.70. The van der Waals surface area contributed by atoms with Crippen LogP contribution in [0.3, 0.4) is 0 Å². The monoisotopic (exact) mass is 279 g/mol. The highest BCUT2D eigenvalue weighted by molar-refractivity contribution is 7.99. The number of hydrogen-bond acceptors (Lipinski definition) is 4. The van der Waals surface area contributed by atoms with Gasteiger partial charge in [-0.2, -0.15) is 16.9 Å². The number of nitrogens with one attached hydrogen (secondary N) is 1. The summed E-state index contributed by atoms with van der Waals surface area (Å²) < 4.78 is 0. The summed E-state index contributed by atoms with van der Waals surface area (Å²) in [5, 5.41) is 6.52. The summed E-state index contributed by atoms with van der Waals surface area (Å²) in [6.45, 7) is 1.72. The van der Waals surface area contributed by atoms with E-state index < -0.39 is 0 Å². The van der Waals surface area contributed by atoms with Gasteiger partial charge in [0.25, 0.3) is 5.56 Å². The minimum atomic E-state index is -0.179. The Morgan fingerprint density at radius 2 is 2.21 bits per heavy atom. The molecule has 1 saturated heterocycles. The third-order valence-electron chi connectivity index (χ3n) is 3.84. The predicted octanol–water partition coefficient (Wildman–Crippen LogP) is 0.450. The van der Waals surface area contributed by atoms with E-state index in [1.807, 2.05) is 16.7 Å². The van der Waals surface area contributed by atoms with E-state index in [1.165, 1.54) is 0 Å². The van der Waals surface area contributed by atoms with Crippen LogP contribution < -0.4 is 5.56 Å². The molecule has 1 amide bonds. The van der Waals surface area contributed by atoms with Crippen LogP contribution in [0.1, 0.15) is 17.7 Å². The predicted molar refractivity (Wildman–Crippen MR) is 74.3 cm³/mol. The van der Waals surface area contributed by atoms with E-state index in [1.54, 1.807) is 6.07 Å². The van der Waals surface area contributed by atoms with E-state index >= 15 is 0 Å². The Hall–Kier alpha value is -1.30. The Morgan fingerprint density at radius 1 is 1.42 bits per heavy atom. The van der Waals surface area contributed by atoms with Crippen LogP contribution in [-0.2, 0) is 17.6 Å². The van der Waals surface area contributed by atoms with E-state index in [9.17, 15) is 9.59 Å². The molecule has 1 fully saturated rings. The van der Waals surface area contributed by atoms with Crippen molar-refractivity contribution in [1.29, 1.82) is 0 Å². The zero-order valence-electron chi connectivity index (χ0n) is 10.7. The Bertz CT molecular complexity index is 537. The maximum Gasteiger partial charge on any atom is 0.264 e. The number of thioether (sulfide) groups is 1. The molecule has 1 atom stereocenters. The Kier molecular flexibility index (Phi) is 3.59. The lowest BCUT2D eigenvalue weighted by molar-refractivity contribution is -0.135. The van der Waals surface area contributed by atoms with E-state index in [2.05, 4.69) is 10.2 Å². The molecule has 3 rings (SSSR count). The first-order valence-corrected chi connectivity index (χ1v) is 7.83. The van der Waals surface area contributed by atoms with Crippen molar-refractivity contribution in [3.63, 3.8) is 0 Å². The molecule has 2 heterocycles. The molecule has 19 heavy (non-hydrogen) atoms. The van der Waals surface area contributed by atoms with Gasteiger partial charge in [0.15, 0.2) is 0 Å². The summed E-state index contributed by atoms with van der Waals surface area (Å²) in [6.07, 6.45) is 2.29. The molecule has 0 bridgehead atoms. The summed E-state index contributed by atoms with van der Waals surface area (Å²) in [5.74, 6) is 2.36. The van der Waals surface area contributed by atoms with Gasteiger partial charge in [0.2, 0.25) is 5.91 Å². The number of amides is 1. The van der Waals surface area contributed by atoms with E-state index in [-0.39, 0.29) is 17.4 Å². The minimum absolute atomic E-state index is 0.0270. The highest BCUT2D eigenvalue weighted by atomic mass is 32.2. The van der Waals surface area contributed by atoms with Gasteiger partial charge in [-0.3, -0.25) is 9.59 Å². The summed E-state index contributed by atoms with van der Waals surface area (Å²) in [7, 11) is 0. The van der Waals surface area contributed by atoms with E-state index in [0.29, 0.717) is 6.42 Å². The van der Waals surface area contributed by atoms with Crippen LogP contribution in [0.4, 0.5) is 0 Å². The maximum absolute atomic E-state index is 12.5. The fraction of sp³-hybridized carbons (Fsp3) is 0.615. The number of aromatic amines is 1. The van der Waals surface area contributed by atoms with Crippen LogP contribution in [0.5, 0.6) is 0 Å². The smallest absolute Gasteiger partial charge is 0.264 e. The van der Waals surface area contributed by atoms with Crippen molar-refractivity contribution >= 4 is 17.7 Å². The molecule has 0 spiro atoms. The molecule has 1 N–H and O–H groups in total. The lowest BCUT2D eigenvalue weighted by Gasteiger charge is -2.32. The third kappa shape index (κ3) is 2.68. The summed E-state index contributed by atoms with van der Waals surface area (Å²) in [5.41, 5.74) is 1.71. The summed E-state index contributed by atoms with van der Waals surface area (Å²) >= 11 is 1.90. The van der Waals surface area contributed by atoms with Gasteiger partial charge < -0.3 is 4.90 Å². The van der Waals surface area contributed by atoms with Gasteiger partial charge in [0.05, 0.1) is 5.69 Å². The molecule has 0 saturated carbocycles. The second-order valence-corrected chi connectivity index (χ2v) is 6.31. The average Bonchev–Trinajstić information content (AvgIpc) is 2.46. The van der Waals surface area contributed by atoms with Crippen LogP contribution in [0.15, 0.2) is 10.9 Å². The van der Waals surface area contributed by atoms with Crippen molar-refractivity contribution in [2.45, 2.75) is 19.3 Å². The van der Waals surface area contributed by atoms with Gasteiger partial charge in [-0.15, -0.1) is 0 Å². The van der Waals surface area contributed by atoms with Gasteiger partial charge in [-0.25, -0.2) is 5.10 Å². The first-order valence-electron chi connectivity index (χ1n) is 6.68. The quantitative estimate of drug-likeness (QED) is 0.810. The van der Waals surface area contributed by atoms with E-state index in [0.717, 1.165) is 48.7 Å². The van der Waals surface area contributed by atoms with Gasteiger partial charge in [-0.05, 0) is 24.8 Å². The molecule has 102 valence electrons. The second-order valence-electron chi connectivity index (χ2n) is 5.08. The Balaban J connectivity index is 1.74. The Labute approximate surface area is 115 Å². The van der Waals surface area contributed by atoms with Gasteiger partial charge in [0, 0.05) is 36.6 Å². The van der Waals surface area contributed by atoms with Gasteiger partial charge in [0.1, 0.15) is 0 Å². The van der Waals surface area contributed by atoms with Gasteiger partial charge in [-0.1, -0.05) is 0 Å². The number of fused-ring (bicyclic) bond motifs is 1. The minimum Gasteiger partial charge on any atom is -0.341 e. The van der Waals surface area contributed by atoms with Crippen molar-refractivity contribution in [3.8, 4) is 0 Å². The number of hydrogen-bond donors (Lipinski definition) is 1. The first kappa shape index (κ1) is 12.7. The molecular formula is C13H17N3O2S. The number of aryl methyl sites for hydroxylation is 1. The maximum atomic E-state index is 12.5. The number of carbonyl (C=O) groups excluding carboxylic acids is 1. The zero-order chi connectivity index (χ0) is 13.2. The highest BCUT2D eigenvalue weighted by Gasteiger charge is 2.29. The molecular weight excluding hydrogens is 262 g/mol.